The molecule has 0 bridgehead atoms. The van der Waals surface area contributed by atoms with Gasteiger partial charge in [0, 0.05) is 6.61 Å². The van der Waals surface area contributed by atoms with Gasteiger partial charge in [0.25, 0.3) is 0 Å². The largest absolute Gasteiger partial charge is 0.396 e. The molecule has 1 saturated carbocycles. The van der Waals surface area contributed by atoms with Gasteiger partial charge >= 0.3 is 0 Å². The first-order valence-electron chi connectivity index (χ1n) is 3.38. The normalized spacial score (nSPS) is 19.1. The van der Waals surface area contributed by atoms with Gasteiger partial charge in [0.1, 0.15) is 0 Å². The first kappa shape index (κ1) is 6.09. The van der Waals surface area contributed by atoms with Gasteiger partial charge in [0.2, 0.25) is 0 Å². The van der Waals surface area contributed by atoms with Crippen LogP contribution in [0, 0.1) is 5.92 Å². The molecule has 0 amide bonds. The molecule has 1 aliphatic carbocycles. The Labute approximate surface area is 50.7 Å². The van der Waals surface area contributed by atoms with E-state index in [4.69, 9.17) is 5.11 Å². The van der Waals surface area contributed by atoms with Gasteiger partial charge in [-0.2, -0.15) is 0 Å². The number of unbranched alkanes of at least 4 members (excludes halogenated alkanes) is 1. The maximum absolute atomic E-state index is 8.39. The molecule has 1 nitrogen and oxygen atoms in total. The number of hydrogen-bond donors (Lipinski definition) is 1. The molecule has 1 radical (unpaired) electrons. The predicted molar refractivity (Wildman–Crippen MR) is 33.4 cm³/mol. The van der Waals surface area contributed by atoms with Crippen LogP contribution in [0.4, 0.5) is 0 Å². The van der Waals surface area contributed by atoms with E-state index >= 15 is 0 Å². The summed E-state index contributed by atoms with van der Waals surface area (Å²) < 4.78 is 0. The summed E-state index contributed by atoms with van der Waals surface area (Å²) in [5.41, 5.74) is 0. The Morgan fingerprint density at radius 1 is 1.25 bits per heavy atom. The Kier molecular flexibility index (Phi) is 2.34. The molecule has 0 spiro atoms. The van der Waals surface area contributed by atoms with Crippen molar-refractivity contribution in [3.63, 3.8) is 0 Å². The van der Waals surface area contributed by atoms with Crippen molar-refractivity contribution in [1.82, 2.24) is 0 Å². The third-order valence-electron chi connectivity index (χ3n) is 1.54. The highest BCUT2D eigenvalue weighted by Crippen LogP contribution is 2.36. The van der Waals surface area contributed by atoms with Gasteiger partial charge in [0.05, 0.1) is 0 Å². The second kappa shape index (κ2) is 3.08. The van der Waals surface area contributed by atoms with Crippen molar-refractivity contribution in [2.24, 2.45) is 0 Å². The summed E-state index contributed by atoms with van der Waals surface area (Å²) >= 11 is 0. The molecule has 0 heterocycles. The SMILES string of the molecule is OCCCC[C]1CC1. The third kappa shape index (κ3) is 2.31. The molecule has 1 aliphatic rings. The van der Waals surface area contributed by atoms with Crippen LogP contribution in [0.1, 0.15) is 32.1 Å². The van der Waals surface area contributed by atoms with Gasteiger partial charge in [-0.1, -0.05) is 6.42 Å². The first-order chi connectivity index (χ1) is 3.93. The lowest BCUT2D eigenvalue weighted by atomic mass is 10.2. The molecule has 1 rings (SSSR count). The van der Waals surface area contributed by atoms with Crippen molar-refractivity contribution >= 4 is 0 Å². The maximum Gasteiger partial charge on any atom is 0.0431 e. The highest BCUT2D eigenvalue weighted by Gasteiger charge is 2.20. The fraction of sp³-hybridized carbons (Fsp3) is 0.857. The van der Waals surface area contributed by atoms with Crippen molar-refractivity contribution in [1.29, 1.82) is 0 Å². The summed E-state index contributed by atoms with van der Waals surface area (Å²) in [5, 5.41) is 8.39. The van der Waals surface area contributed by atoms with Crippen molar-refractivity contribution in [3.05, 3.63) is 5.92 Å². The first-order valence-corrected chi connectivity index (χ1v) is 3.38. The zero-order valence-corrected chi connectivity index (χ0v) is 5.19. The summed E-state index contributed by atoms with van der Waals surface area (Å²) in [5.74, 6) is 1.71. The lowest BCUT2D eigenvalue weighted by Crippen LogP contribution is -1.82. The fourth-order valence-corrected chi connectivity index (χ4v) is 0.825. The molecule has 0 unspecified atom stereocenters. The Hall–Kier alpha value is -0.0400. The summed E-state index contributed by atoms with van der Waals surface area (Å²) in [4.78, 5) is 0. The minimum atomic E-state index is 0.368. The van der Waals surface area contributed by atoms with Gasteiger partial charge in [0.15, 0.2) is 0 Å². The van der Waals surface area contributed by atoms with Gasteiger partial charge in [-0.05, 0) is 31.6 Å². The smallest absolute Gasteiger partial charge is 0.0431 e. The van der Waals surface area contributed by atoms with Gasteiger partial charge < -0.3 is 5.11 Å². The lowest BCUT2D eigenvalue weighted by molar-refractivity contribution is 0.284. The fourth-order valence-electron chi connectivity index (χ4n) is 0.825. The second-order valence-electron chi connectivity index (χ2n) is 2.43. The van der Waals surface area contributed by atoms with Crippen LogP contribution in [0.3, 0.4) is 0 Å². The Morgan fingerprint density at radius 2 is 2.00 bits per heavy atom. The highest BCUT2D eigenvalue weighted by atomic mass is 16.2. The van der Waals surface area contributed by atoms with Crippen LogP contribution in [-0.2, 0) is 0 Å². The Balaban J connectivity index is 1.74. The van der Waals surface area contributed by atoms with Crippen LogP contribution < -0.4 is 0 Å². The van der Waals surface area contributed by atoms with Crippen molar-refractivity contribution in [3.8, 4) is 0 Å². The van der Waals surface area contributed by atoms with Crippen LogP contribution in [0.5, 0.6) is 0 Å². The zero-order valence-electron chi connectivity index (χ0n) is 5.19. The number of hydrogen-bond acceptors (Lipinski definition) is 1. The summed E-state index contributed by atoms with van der Waals surface area (Å²) in [6, 6.07) is 0. The van der Waals surface area contributed by atoms with E-state index in [1.54, 1.807) is 5.92 Å². The van der Waals surface area contributed by atoms with E-state index in [2.05, 4.69) is 0 Å². The van der Waals surface area contributed by atoms with Gasteiger partial charge in [-0.25, -0.2) is 0 Å². The molecule has 8 heavy (non-hydrogen) atoms. The van der Waals surface area contributed by atoms with Crippen LogP contribution in [-0.4, -0.2) is 11.7 Å². The number of aliphatic hydroxyl groups excluding tert-OH is 1. The van der Waals surface area contributed by atoms with Crippen molar-refractivity contribution < 1.29 is 5.11 Å². The van der Waals surface area contributed by atoms with E-state index in [9.17, 15) is 0 Å². The molecule has 1 fully saturated rings. The molecule has 0 aromatic heterocycles. The van der Waals surface area contributed by atoms with E-state index in [0.717, 1.165) is 6.42 Å². The van der Waals surface area contributed by atoms with E-state index < -0.39 is 0 Å². The van der Waals surface area contributed by atoms with Crippen LogP contribution in [0.25, 0.3) is 0 Å². The van der Waals surface area contributed by atoms with Crippen LogP contribution in [0.2, 0.25) is 0 Å². The van der Waals surface area contributed by atoms with E-state index in [1.165, 1.54) is 25.7 Å². The van der Waals surface area contributed by atoms with E-state index in [0.29, 0.717) is 6.61 Å². The average molecular weight is 113 g/mol. The van der Waals surface area contributed by atoms with Crippen LogP contribution >= 0.6 is 0 Å². The summed E-state index contributed by atoms with van der Waals surface area (Å²) in [6.45, 7) is 0.368. The molecule has 47 valence electrons. The maximum atomic E-state index is 8.39. The zero-order chi connectivity index (χ0) is 5.82. The minimum absolute atomic E-state index is 0.368. The monoisotopic (exact) mass is 113 g/mol. The molecule has 0 aromatic carbocycles. The molecule has 0 saturated heterocycles. The van der Waals surface area contributed by atoms with Gasteiger partial charge in [-0.3, -0.25) is 0 Å². The number of aliphatic hydroxyl groups is 1. The van der Waals surface area contributed by atoms with E-state index in [-0.39, 0.29) is 0 Å². The van der Waals surface area contributed by atoms with E-state index in [1.807, 2.05) is 0 Å². The van der Waals surface area contributed by atoms with Crippen LogP contribution in [0.15, 0.2) is 0 Å². The molecule has 1 N–H and O–H groups in total. The minimum Gasteiger partial charge on any atom is -0.396 e. The predicted octanol–water partition coefficient (Wildman–Crippen LogP) is 1.52. The molecule has 1 heteroatoms. The molecular weight excluding hydrogens is 100 g/mol. The summed E-state index contributed by atoms with van der Waals surface area (Å²) in [6.07, 6.45) is 6.20. The number of rotatable bonds is 4. The standard InChI is InChI=1S/C7H13O/c8-6-2-1-3-7-4-5-7/h8H,1-6H2. The topological polar surface area (TPSA) is 20.2 Å². The summed E-state index contributed by atoms with van der Waals surface area (Å²) in [7, 11) is 0. The average Bonchev–Trinajstić information content (AvgIpc) is 2.51. The highest BCUT2D eigenvalue weighted by molar-refractivity contribution is 5.04. The lowest BCUT2D eigenvalue weighted by Gasteiger charge is -1.91. The molecule has 0 aliphatic heterocycles. The quantitative estimate of drug-likeness (QED) is 0.548. The van der Waals surface area contributed by atoms with Gasteiger partial charge in [-0.15, -0.1) is 0 Å². The molecule has 0 atom stereocenters. The second-order valence-corrected chi connectivity index (χ2v) is 2.43. The van der Waals surface area contributed by atoms with Crippen molar-refractivity contribution in [2.45, 2.75) is 32.1 Å². The molecular formula is C7H13O. The Bertz CT molecular complexity index is 57.4. The van der Waals surface area contributed by atoms with Crippen molar-refractivity contribution in [2.75, 3.05) is 6.61 Å². The Morgan fingerprint density at radius 3 is 2.50 bits per heavy atom. The molecule has 0 aromatic rings. The third-order valence-corrected chi connectivity index (χ3v) is 1.54.